The first-order valence-electron chi connectivity index (χ1n) is 7.14. The summed E-state index contributed by atoms with van der Waals surface area (Å²) in [6.45, 7) is 1.83. The van der Waals surface area contributed by atoms with Crippen LogP contribution in [0.4, 0.5) is 48.3 Å². The van der Waals surface area contributed by atoms with Crippen molar-refractivity contribution in [2.75, 3.05) is 0 Å². The Hall–Kier alpha value is -0.770. The standard InChI is InChI=1S/C13H17F11/c1-2-3-4-5-6-7-8-9(14,15)10(16,17)11(18,19)12(20,21)13(22,23)24/h2-8H2,1H3. The maximum Gasteiger partial charge on any atom is 0.460 e. The summed E-state index contributed by atoms with van der Waals surface area (Å²) in [5.74, 6) is -27.2. The summed E-state index contributed by atoms with van der Waals surface area (Å²) >= 11 is 0. The largest absolute Gasteiger partial charge is 0.460 e. The molecule has 11 heteroatoms. The van der Waals surface area contributed by atoms with Gasteiger partial charge in [-0.2, -0.15) is 48.3 Å². The van der Waals surface area contributed by atoms with Gasteiger partial charge >= 0.3 is 29.9 Å². The van der Waals surface area contributed by atoms with Crippen molar-refractivity contribution in [3.05, 3.63) is 0 Å². The minimum Gasteiger partial charge on any atom is -0.200 e. The second-order valence-corrected chi connectivity index (χ2v) is 5.44. The molecule has 0 saturated heterocycles. The Morgan fingerprint density at radius 1 is 0.500 bits per heavy atom. The molecule has 0 N–H and O–H groups in total. The molecule has 0 heterocycles. The third-order valence-corrected chi connectivity index (χ3v) is 3.45. The molecule has 0 bridgehead atoms. The lowest BCUT2D eigenvalue weighted by Gasteiger charge is -2.37. The summed E-state index contributed by atoms with van der Waals surface area (Å²) in [5.41, 5.74) is 0. The van der Waals surface area contributed by atoms with Crippen LogP contribution in [0.1, 0.15) is 51.9 Å². The Kier molecular flexibility index (Phi) is 7.39. The lowest BCUT2D eigenvalue weighted by molar-refractivity contribution is -0.422. The maximum absolute atomic E-state index is 13.3. The molecule has 24 heavy (non-hydrogen) atoms. The van der Waals surface area contributed by atoms with Gasteiger partial charge in [0, 0.05) is 6.42 Å². The van der Waals surface area contributed by atoms with Crippen LogP contribution in [-0.2, 0) is 0 Å². The number of unbranched alkanes of at least 4 members (excludes halogenated alkanes) is 5. The van der Waals surface area contributed by atoms with Crippen molar-refractivity contribution in [2.45, 2.75) is 81.7 Å². The molecule has 0 spiro atoms. The van der Waals surface area contributed by atoms with Crippen molar-refractivity contribution in [1.82, 2.24) is 0 Å². The Morgan fingerprint density at radius 3 is 1.33 bits per heavy atom. The van der Waals surface area contributed by atoms with Crippen LogP contribution in [0.3, 0.4) is 0 Å². The van der Waals surface area contributed by atoms with Gasteiger partial charge in [-0.1, -0.05) is 39.0 Å². The zero-order valence-corrected chi connectivity index (χ0v) is 12.6. The minimum atomic E-state index is -7.30. The zero-order chi connectivity index (χ0) is 19.4. The van der Waals surface area contributed by atoms with E-state index in [4.69, 9.17) is 0 Å². The number of halogens is 11. The monoisotopic (exact) mass is 382 g/mol. The molecule has 146 valence electrons. The Bertz CT molecular complexity index is 384. The Labute approximate surface area is 131 Å². The van der Waals surface area contributed by atoms with Gasteiger partial charge in [0.05, 0.1) is 0 Å². The third kappa shape index (κ3) is 4.44. The molecule has 0 saturated carbocycles. The highest BCUT2D eigenvalue weighted by molar-refractivity contribution is 5.06. The van der Waals surface area contributed by atoms with Crippen molar-refractivity contribution in [2.24, 2.45) is 0 Å². The lowest BCUT2D eigenvalue weighted by atomic mass is 9.94. The van der Waals surface area contributed by atoms with E-state index in [1.165, 1.54) is 0 Å². The van der Waals surface area contributed by atoms with E-state index in [2.05, 4.69) is 0 Å². The van der Waals surface area contributed by atoms with Gasteiger partial charge in [-0.3, -0.25) is 0 Å². The normalized spacial score (nSPS) is 15.0. The van der Waals surface area contributed by atoms with Crippen LogP contribution < -0.4 is 0 Å². The topological polar surface area (TPSA) is 0 Å². The molecular formula is C13H17F11. The first kappa shape index (κ1) is 23.2. The van der Waals surface area contributed by atoms with Crippen molar-refractivity contribution in [1.29, 1.82) is 0 Å². The second kappa shape index (κ2) is 7.63. The molecule has 0 nitrogen and oxygen atoms in total. The molecule has 0 radical (unpaired) electrons. The van der Waals surface area contributed by atoms with Crippen LogP contribution in [-0.4, -0.2) is 29.9 Å². The first-order chi connectivity index (χ1) is 10.6. The molecular weight excluding hydrogens is 365 g/mol. The zero-order valence-electron chi connectivity index (χ0n) is 12.6. The van der Waals surface area contributed by atoms with Crippen LogP contribution in [0.15, 0.2) is 0 Å². The maximum atomic E-state index is 13.3. The van der Waals surface area contributed by atoms with Crippen LogP contribution in [0.5, 0.6) is 0 Å². The van der Waals surface area contributed by atoms with E-state index in [1.807, 2.05) is 6.92 Å². The van der Waals surface area contributed by atoms with Crippen molar-refractivity contribution < 1.29 is 48.3 Å². The summed E-state index contributed by atoms with van der Waals surface area (Å²) in [5, 5.41) is 0. The smallest absolute Gasteiger partial charge is 0.200 e. The van der Waals surface area contributed by atoms with Gasteiger partial charge in [0.1, 0.15) is 0 Å². The highest BCUT2D eigenvalue weighted by Crippen LogP contribution is 2.58. The van der Waals surface area contributed by atoms with E-state index in [1.54, 1.807) is 0 Å². The van der Waals surface area contributed by atoms with Crippen LogP contribution >= 0.6 is 0 Å². The van der Waals surface area contributed by atoms with E-state index in [-0.39, 0.29) is 6.42 Å². The summed E-state index contributed by atoms with van der Waals surface area (Å²) < 4.78 is 139. The lowest BCUT2D eigenvalue weighted by Crippen LogP contribution is -2.66. The van der Waals surface area contributed by atoms with Crippen LogP contribution in [0, 0.1) is 0 Å². The number of hydrogen-bond donors (Lipinski definition) is 0. The van der Waals surface area contributed by atoms with E-state index in [0.29, 0.717) is 12.8 Å². The highest BCUT2D eigenvalue weighted by atomic mass is 19.4. The summed E-state index contributed by atoms with van der Waals surface area (Å²) in [6, 6.07) is 0. The predicted octanol–water partition coefficient (Wildman–Crippen LogP) is 6.84. The van der Waals surface area contributed by atoms with Crippen molar-refractivity contribution in [3.8, 4) is 0 Å². The van der Waals surface area contributed by atoms with E-state index in [0.717, 1.165) is 12.8 Å². The molecule has 0 amide bonds. The molecule has 0 aliphatic heterocycles. The molecule has 0 aromatic rings. The molecule has 0 aromatic heterocycles. The fourth-order valence-electron chi connectivity index (χ4n) is 1.89. The van der Waals surface area contributed by atoms with Gasteiger partial charge in [0.25, 0.3) is 0 Å². The highest BCUT2D eigenvalue weighted by Gasteiger charge is 2.86. The third-order valence-electron chi connectivity index (χ3n) is 3.45. The fourth-order valence-corrected chi connectivity index (χ4v) is 1.89. The molecule has 0 fully saturated rings. The molecule has 0 aliphatic rings. The van der Waals surface area contributed by atoms with Crippen molar-refractivity contribution >= 4 is 0 Å². The fraction of sp³-hybridized carbons (Fsp3) is 1.00. The van der Waals surface area contributed by atoms with E-state index in [9.17, 15) is 48.3 Å². The van der Waals surface area contributed by atoms with E-state index < -0.39 is 42.7 Å². The van der Waals surface area contributed by atoms with Gasteiger partial charge in [0.15, 0.2) is 0 Å². The molecule has 0 rings (SSSR count). The van der Waals surface area contributed by atoms with Gasteiger partial charge in [-0.15, -0.1) is 0 Å². The first-order valence-corrected chi connectivity index (χ1v) is 7.14. The minimum absolute atomic E-state index is 0.0626. The molecule has 0 atom stereocenters. The van der Waals surface area contributed by atoms with Gasteiger partial charge in [0.2, 0.25) is 0 Å². The predicted molar refractivity (Wildman–Crippen MR) is 63.8 cm³/mol. The van der Waals surface area contributed by atoms with Gasteiger partial charge in [-0.25, -0.2) is 0 Å². The van der Waals surface area contributed by atoms with Crippen LogP contribution in [0.25, 0.3) is 0 Å². The average molecular weight is 382 g/mol. The number of rotatable bonds is 10. The summed E-state index contributed by atoms with van der Waals surface area (Å²) in [7, 11) is 0. The van der Waals surface area contributed by atoms with E-state index >= 15 is 0 Å². The second-order valence-electron chi connectivity index (χ2n) is 5.44. The average Bonchev–Trinajstić information content (AvgIpc) is 2.40. The van der Waals surface area contributed by atoms with Gasteiger partial charge < -0.3 is 0 Å². The van der Waals surface area contributed by atoms with Crippen LogP contribution in [0.2, 0.25) is 0 Å². The number of alkyl halides is 11. The Balaban J connectivity index is 5.11. The SMILES string of the molecule is CCCCCCCCC(F)(F)C(F)(F)C(F)(F)C(F)(F)C(F)(F)F. The quantitative estimate of drug-likeness (QED) is 0.287. The summed E-state index contributed by atoms with van der Waals surface area (Å²) in [4.78, 5) is 0. The van der Waals surface area contributed by atoms with Gasteiger partial charge in [-0.05, 0) is 6.42 Å². The molecule has 0 aromatic carbocycles. The summed E-state index contributed by atoms with van der Waals surface area (Å²) in [6.07, 6.45) is -7.39. The number of hydrogen-bond acceptors (Lipinski definition) is 0. The molecule has 0 aliphatic carbocycles. The Morgan fingerprint density at radius 2 is 0.917 bits per heavy atom. The van der Waals surface area contributed by atoms with Crippen molar-refractivity contribution in [3.63, 3.8) is 0 Å². The molecule has 0 unspecified atom stereocenters.